The number of aromatic nitrogens is 2. The molecule has 1 aliphatic rings. The van der Waals surface area contributed by atoms with Crippen LogP contribution in [0.2, 0.25) is 0 Å². The van der Waals surface area contributed by atoms with E-state index in [1.165, 1.54) is 5.69 Å². The number of likely N-dealkylation sites (tertiary alicyclic amines) is 1. The predicted molar refractivity (Wildman–Crippen MR) is 82.3 cm³/mol. The van der Waals surface area contributed by atoms with Gasteiger partial charge >= 0.3 is 6.09 Å². The van der Waals surface area contributed by atoms with Crippen molar-refractivity contribution in [1.29, 1.82) is 0 Å². The van der Waals surface area contributed by atoms with Crippen molar-refractivity contribution in [2.45, 2.75) is 71.9 Å². The zero-order chi connectivity index (χ0) is 15.6. The van der Waals surface area contributed by atoms with Crippen LogP contribution in [0.1, 0.15) is 70.7 Å². The van der Waals surface area contributed by atoms with Crippen molar-refractivity contribution in [1.82, 2.24) is 14.9 Å². The van der Waals surface area contributed by atoms with Gasteiger partial charge in [0.2, 0.25) is 0 Å². The second-order valence-electron chi connectivity index (χ2n) is 6.59. The number of carbonyl (C=O) groups is 1. The number of nitrogens with zero attached hydrogens (tertiary/aromatic N) is 2. The third-order valence-corrected chi connectivity index (χ3v) is 3.77. The maximum Gasteiger partial charge on any atom is 0.410 e. The summed E-state index contributed by atoms with van der Waals surface area (Å²) in [4.78, 5) is 22.3. The summed E-state index contributed by atoms with van der Waals surface area (Å²) in [5, 5.41) is 0. The Balaban J connectivity index is 2.18. The Bertz CT molecular complexity index is 481. The van der Waals surface area contributed by atoms with Gasteiger partial charge in [-0.25, -0.2) is 9.78 Å². The van der Waals surface area contributed by atoms with Crippen molar-refractivity contribution < 1.29 is 9.53 Å². The van der Waals surface area contributed by atoms with E-state index in [4.69, 9.17) is 9.72 Å². The molecule has 2 rings (SSSR count). The van der Waals surface area contributed by atoms with E-state index in [2.05, 4.69) is 18.8 Å². The largest absolute Gasteiger partial charge is 0.444 e. The van der Waals surface area contributed by atoms with E-state index in [0.717, 1.165) is 43.7 Å². The maximum absolute atomic E-state index is 12.3. The lowest BCUT2D eigenvalue weighted by Gasteiger charge is -2.27. The van der Waals surface area contributed by atoms with Crippen LogP contribution >= 0.6 is 0 Å². The van der Waals surface area contributed by atoms with Gasteiger partial charge < -0.3 is 9.72 Å². The fourth-order valence-corrected chi connectivity index (χ4v) is 2.80. The first-order chi connectivity index (χ1) is 9.85. The van der Waals surface area contributed by atoms with E-state index in [0.29, 0.717) is 0 Å². The summed E-state index contributed by atoms with van der Waals surface area (Å²) in [7, 11) is 0. The van der Waals surface area contributed by atoms with E-state index in [-0.39, 0.29) is 12.1 Å². The smallest absolute Gasteiger partial charge is 0.410 e. The second-order valence-corrected chi connectivity index (χ2v) is 6.59. The molecule has 5 nitrogen and oxygen atoms in total. The van der Waals surface area contributed by atoms with Gasteiger partial charge in [-0.2, -0.15) is 0 Å². The molecule has 5 heteroatoms. The van der Waals surface area contributed by atoms with Gasteiger partial charge in [0.1, 0.15) is 11.4 Å². The van der Waals surface area contributed by atoms with Crippen LogP contribution in [-0.4, -0.2) is 33.1 Å². The summed E-state index contributed by atoms with van der Waals surface area (Å²) in [6, 6.07) is 0.0189. The summed E-state index contributed by atoms with van der Waals surface area (Å²) >= 11 is 0. The van der Waals surface area contributed by atoms with E-state index in [1.54, 1.807) is 0 Å². The lowest BCUT2D eigenvalue weighted by molar-refractivity contribution is 0.0218. The number of H-pyrrole nitrogens is 1. The number of ether oxygens (including phenoxy) is 1. The lowest BCUT2D eigenvalue weighted by Crippen LogP contribution is -2.36. The number of carbonyl (C=O) groups excluding carboxylic acids is 1. The molecule has 1 aromatic heterocycles. The molecule has 1 fully saturated rings. The molecule has 118 valence electrons. The number of imidazole rings is 1. The van der Waals surface area contributed by atoms with Gasteiger partial charge in [0.05, 0.1) is 11.7 Å². The van der Waals surface area contributed by atoms with Crippen molar-refractivity contribution in [3.8, 4) is 0 Å². The predicted octanol–water partition coefficient (Wildman–Crippen LogP) is 3.61. The van der Waals surface area contributed by atoms with Crippen LogP contribution in [0.25, 0.3) is 0 Å². The van der Waals surface area contributed by atoms with Gasteiger partial charge in [0.15, 0.2) is 0 Å². The fraction of sp³-hybridized carbons (Fsp3) is 0.750. The first kappa shape index (κ1) is 15.9. The third-order valence-electron chi connectivity index (χ3n) is 3.77. The SMILES string of the molecule is CCc1nc([C@@H]2CCCN2C(=O)OC(C)(C)C)[nH]c1CC. The average Bonchev–Trinajstić information content (AvgIpc) is 3.02. The maximum atomic E-state index is 12.3. The van der Waals surface area contributed by atoms with Crippen LogP contribution in [0.5, 0.6) is 0 Å². The molecule has 2 heterocycles. The van der Waals surface area contributed by atoms with E-state index < -0.39 is 5.60 Å². The molecule has 0 radical (unpaired) electrons. The molecule has 1 atom stereocenters. The molecule has 0 aromatic carbocycles. The molecule has 0 unspecified atom stereocenters. The Labute approximate surface area is 127 Å². The summed E-state index contributed by atoms with van der Waals surface area (Å²) in [5.74, 6) is 0.909. The van der Waals surface area contributed by atoms with Gasteiger partial charge in [0.25, 0.3) is 0 Å². The molecule has 21 heavy (non-hydrogen) atoms. The standard InChI is InChI=1S/C16H27N3O2/c1-6-11-12(7-2)18-14(17-11)13-9-8-10-19(13)15(20)21-16(3,4)5/h13H,6-10H2,1-5H3,(H,17,18)/t13-/m0/s1. The number of aryl methyl sites for hydroxylation is 2. The zero-order valence-electron chi connectivity index (χ0n) is 13.8. The van der Waals surface area contributed by atoms with Crippen LogP contribution in [0.4, 0.5) is 4.79 Å². The number of hydrogen-bond acceptors (Lipinski definition) is 3. The van der Waals surface area contributed by atoms with Crippen molar-refractivity contribution in [2.24, 2.45) is 0 Å². The molecule has 1 aromatic rings. The first-order valence-electron chi connectivity index (χ1n) is 7.93. The summed E-state index contributed by atoms with van der Waals surface area (Å²) in [6.07, 6.45) is 3.55. The van der Waals surface area contributed by atoms with Gasteiger partial charge in [-0.3, -0.25) is 4.90 Å². The van der Waals surface area contributed by atoms with E-state index in [9.17, 15) is 4.79 Å². The number of aromatic amines is 1. The summed E-state index contributed by atoms with van der Waals surface area (Å²) in [5.41, 5.74) is 1.84. The molecular weight excluding hydrogens is 266 g/mol. The quantitative estimate of drug-likeness (QED) is 0.926. The van der Waals surface area contributed by atoms with E-state index >= 15 is 0 Å². The molecule has 1 saturated heterocycles. The minimum absolute atomic E-state index is 0.0189. The number of nitrogens with one attached hydrogen (secondary N) is 1. The topological polar surface area (TPSA) is 58.2 Å². The van der Waals surface area contributed by atoms with Crippen LogP contribution in [-0.2, 0) is 17.6 Å². The molecular formula is C16H27N3O2. The van der Waals surface area contributed by atoms with E-state index in [1.807, 2.05) is 25.7 Å². The van der Waals surface area contributed by atoms with Crippen molar-refractivity contribution in [2.75, 3.05) is 6.54 Å². The molecule has 1 N–H and O–H groups in total. The van der Waals surface area contributed by atoms with Crippen molar-refractivity contribution >= 4 is 6.09 Å². The zero-order valence-corrected chi connectivity index (χ0v) is 13.8. The van der Waals surface area contributed by atoms with Gasteiger partial charge in [-0.1, -0.05) is 13.8 Å². The third kappa shape index (κ3) is 3.57. The lowest BCUT2D eigenvalue weighted by atomic mass is 10.2. The molecule has 0 saturated carbocycles. The summed E-state index contributed by atoms with van der Waals surface area (Å²) < 4.78 is 5.51. The summed E-state index contributed by atoms with van der Waals surface area (Å²) in [6.45, 7) is 10.7. The monoisotopic (exact) mass is 293 g/mol. The first-order valence-corrected chi connectivity index (χ1v) is 7.93. The Morgan fingerprint density at radius 2 is 2.10 bits per heavy atom. The molecule has 1 amide bonds. The minimum Gasteiger partial charge on any atom is -0.444 e. The number of rotatable bonds is 3. The van der Waals surface area contributed by atoms with Crippen molar-refractivity contribution in [3.63, 3.8) is 0 Å². The van der Waals surface area contributed by atoms with Gasteiger partial charge in [0, 0.05) is 12.2 Å². The molecule has 0 aliphatic carbocycles. The number of amides is 1. The Kier molecular flexibility index (Phi) is 4.59. The highest BCUT2D eigenvalue weighted by Gasteiger charge is 2.35. The Hall–Kier alpha value is -1.52. The van der Waals surface area contributed by atoms with Gasteiger partial charge in [-0.05, 0) is 46.5 Å². The number of hydrogen-bond donors (Lipinski definition) is 1. The Morgan fingerprint density at radius 1 is 1.38 bits per heavy atom. The van der Waals surface area contributed by atoms with Crippen LogP contribution in [0.15, 0.2) is 0 Å². The van der Waals surface area contributed by atoms with Crippen LogP contribution in [0, 0.1) is 0 Å². The van der Waals surface area contributed by atoms with Crippen LogP contribution in [0.3, 0.4) is 0 Å². The van der Waals surface area contributed by atoms with Crippen molar-refractivity contribution in [3.05, 3.63) is 17.2 Å². The van der Waals surface area contributed by atoms with Crippen LogP contribution < -0.4 is 0 Å². The molecule has 0 bridgehead atoms. The Morgan fingerprint density at radius 3 is 2.62 bits per heavy atom. The highest BCUT2D eigenvalue weighted by molar-refractivity contribution is 5.69. The van der Waals surface area contributed by atoms with Gasteiger partial charge in [-0.15, -0.1) is 0 Å². The molecule has 0 spiro atoms. The fourth-order valence-electron chi connectivity index (χ4n) is 2.80. The molecule has 1 aliphatic heterocycles. The average molecular weight is 293 g/mol. The second kappa shape index (κ2) is 6.08. The normalized spacial score (nSPS) is 19.1. The minimum atomic E-state index is -0.462. The highest BCUT2D eigenvalue weighted by Crippen LogP contribution is 2.32. The highest BCUT2D eigenvalue weighted by atomic mass is 16.6.